The smallest absolute Gasteiger partial charge is 0.263 e. The van der Waals surface area contributed by atoms with E-state index in [0.717, 1.165) is 23.5 Å². The highest BCUT2D eigenvalue weighted by Crippen LogP contribution is 2.19. The number of amides is 3. The maximum atomic E-state index is 12.5. The predicted molar refractivity (Wildman–Crippen MR) is 101 cm³/mol. The Morgan fingerprint density at radius 3 is 2.81 bits per heavy atom. The molecule has 0 saturated carbocycles. The lowest BCUT2D eigenvalue weighted by Gasteiger charge is -2.23. The van der Waals surface area contributed by atoms with Crippen LogP contribution in [0.2, 0.25) is 0 Å². The van der Waals surface area contributed by atoms with Crippen LogP contribution in [0, 0.1) is 12.8 Å². The van der Waals surface area contributed by atoms with Gasteiger partial charge in [0.2, 0.25) is 11.8 Å². The first kappa shape index (κ1) is 20.4. The molecular weight excluding hydrogens is 352 g/mol. The third-order valence-corrected chi connectivity index (χ3v) is 5.70. The van der Waals surface area contributed by atoms with Crippen LogP contribution in [0.3, 0.4) is 0 Å². The van der Waals surface area contributed by atoms with Crippen molar-refractivity contribution in [2.45, 2.75) is 58.9 Å². The summed E-state index contributed by atoms with van der Waals surface area (Å²) >= 11 is 1.44. The first-order valence-electron chi connectivity index (χ1n) is 9.26. The Labute approximate surface area is 158 Å². The van der Waals surface area contributed by atoms with E-state index in [1.54, 1.807) is 0 Å². The number of thiazole rings is 1. The lowest BCUT2D eigenvalue weighted by molar-refractivity contribution is -0.132. The number of carbonyl (C=O) groups excluding carboxylic acids is 3. The quantitative estimate of drug-likeness (QED) is 0.637. The van der Waals surface area contributed by atoms with Gasteiger partial charge in [-0.2, -0.15) is 0 Å². The lowest BCUT2D eigenvalue weighted by Crippen LogP contribution is -2.46. The molecule has 3 amide bonds. The molecular formula is C18H28N4O3S. The van der Waals surface area contributed by atoms with Gasteiger partial charge in [-0.25, -0.2) is 4.98 Å². The molecule has 7 nitrogen and oxygen atoms in total. The van der Waals surface area contributed by atoms with Gasteiger partial charge in [0.05, 0.1) is 10.7 Å². The van der Waals surface area contributed by atoms with Gasteiger partial charge >= 0.3 is 0 Å². The maximum absolute atomic E-state index is 12.5. The molecule has 0 spiro atoms. The minimum atomic E-state index is -0.280. The number of hydrogen-bond acceptors (Lipinski definition) is 5. The van der Waals surface area contributed by atoms with E-state index in [2.05, 4.69) is 27.9 Å². The van der Waals surface area contributed by atoms with Gasteiger partial charge in [0.1, 0.15) is 4.88 Å². The molecule has 3 N–H and O–H groups in total. The molecule has 1 aromatic heterocycles. The van der Waals surface area contributed by atoms with Crippen molar-refractivity contribution < 1.29 is 14.4 Å². The van der Waals surface area contributed by atoms with Gasteiger partial charge in [-0.3, -0.25) is 14.4 Å². The molecule has 1 aliphatic heterocycles. The summed E-state index contributed by atoms with van der Waals surface area (Å²) in [5.41, 5.74) is 0.753. The summed E-state index contributed by atoms with van der Waals surface area (Å²) in [4.78, 5) is 41.3. The van der Waals surface area contributed by atoms with E-state index >= 15 is 0 Å². The molecule has 1 aliphatic rings. The zero-order valence-corrected chi connectivity index (χ0v) is 16.5. The Morgan fingerprint density at radius 1 is 1.38 bits per heavy atom. The van der Waals surface area contributed by atoms with Gasteiger partial charge in [0.25, 0.3) is 5.91 Å². The second-order valence-corrected chi connectivity index (χ2v) is 7.72. The fraction of sp³-hybridized carbons (Fsp3) is 0.667. The van der Waals surface area contributed by atoms with Crippen LogP contribution in [-0.4, -0.2) is 41.8 Å². The van der Waals surface area contributed by atoms with Crippen LogP contribution in [0.5, 0.6) is 0 Å². The lowest BCUT2D eigenvalue weighted by atomic mass is 9.96. The second-order valence-electron chi connectivity index (χ2n) is 6.64. The number of aromatic nitrogens is 1. The summed E-state index contributed by atoms with van der Waals surface area (Å²) < 4.78 is 0. The molecule has 2 atom stereocenters. The third-order valence-electron chi connectivity index (χ3n) is 4.48. The zero-order valence-electron chi connectivity index (χ0n) is 15.7. The van der Waals surface area contributed by atoms with Gasteiger partial charge in [0.15, 0.2) is 0 Å². The zero-order chi connectivity index (χ0) is 19.1. The Bertz CT molecular complexity index is 659. The fourth-order valence-electron chi connectivity index (χ4n) is 2.91. The topological polar surface area (TPSA) is 100 Å². The van der Waals surface area contributed by atoms with E-state index in [4.69, 9.17) is 0 Å². The normalized spacial score (nSPS) is 18.1. The SMILES string of the molecule is CCCc1nc(C)c(C(=O)NC(CC)CNC(=O)C2CCNC(=O)C2)s1. The fourth-order valence-corrected chi connectivity index (χ4v) is 3.98. The van der Waals surface area contributed by atoms with Gasteiger partial charge < -0.3 is 16.0 Å². The van der Waals surface area contributed by atoms with Crippen LogP contribution in [0.1, 0.15) is 59.9 Å². The Hall–Kier alpha value is -1.96. The number of hydrogen-bond donors (Lipinski definition) is 3. The van der Waals surface area contributed by atoms with Crippen molar-refractivity contribution in [1.82, 2.24) is 20.9 Å². The number of carbonyl (C=O) groups is 3. The Balaban J connectivity index is 1.87. The van der Waals surface area contributed by atoms with E-state index < -0.39 is 0 Å². The van der Waals surface area contributed by atoms with Crippen LogP contribution in [0.4, 0.5) is 0 Å². The minimum absolute atomic E-state index is 0.0831. The average molecular weight is 381 g/mol. The van der Waals surface area contributed by atoms with Crippen molar-refractivity contribution in [3.63, 3.8) is 0 Å². The number of rotatable bonds is 8. The monoisotopic (exact) mass is 380 g/mol. The van der Waals surface area contributed by atoms with Crippen molar-refractivity contribution >= 4 is 29.1 Å². The molecule has 2 rings (SSSR count). The molecule has 2 heterocycles. The van der Waals surface area contributed by atoms with E-state index in [-0.39, 0.29) is 36.1 Å². The molecule has 144 valence electrons. The highest BCUT2D eigenvalue weighted by atomic mass is 32.1. The van der Waals surface area contributed by atoms with Crippen molar-refractivity contribution in [3.05, 3.63) is 15.6 Å². The van der Waals surface area contributed by atoms with Crippen LogP contribution in [0.15, 0.2) is 0 Å². The number of nitrogens with one attached hydrogen (secondary N) is 3. The van der Waals surface area contributed by atoms with Gasteiger partial charge in [-0.15, -0.1) is 11.3 Å². The summed E-state index contributed by atoms with van der Waals surface area (Å²) in [6, 6.07) is -0.153. The Morgan fingerprint density at radius 2 is 2.15 bits per heavy atom. The largest absolute Gasteiger partial charge is 0.356 e. The van der Waals surface area contributed by atoms with Crippen molar-refractivity contribution in [2.24, 2.45) is 5.92 Å². The summed E-state index contributed by atoms with van der Waals surface area (Å²) in [5, 5.41) is 9.56. The van der Waals surface area contributed by atoms with Crippen LogP contribution < -0.4 is 16.0 Å². The van der Waals surface area contributed by atoms with Crippen LogP contribution >= 0.6 is 11.3 Å². The van der Waals surface area contributed by atoms with E-state index in [9.17, 15) is 14.4 Å². The molecule has 0 aliphatic carbocycles. The van der Waals surface area contributed by atoms with Crippen molar-refractivity contribution in [1.29, 1.82) is 0 Å². The Kier molecular flexibility index (Phi) is 7.56. The average Bonchev–Trinajstić information content (AvgIpc) is 2.99. The molecule has 26 heavy (non-hydrogen) atoms. The first-order chi connectivity index (χ1) is 12.4. The maximum Gasteiger partial charge on any atom is 0.263 e. The van der Waals surface area contributed by atoms with Crippen LogP contribution in [-0.2, 0) is 16.0 Å². The first-order valence-corrected chi connectivity index (χ1v) is 10.1. The third kappa shape index (κ3) is 5.52. The highest BCUT2D eigenvalue weighted by molar-refractivity contribution is 7.13. The summed E-state index contributed by atoms with van der Waals surface area (Å²) in [6.45, 7) is 6.80. The summed E-state index contributed by atoms with van der Waals surface area (Å²) in [5.74, 6) is -0.621. The molecule has 1 saturated heterocycles. The minimum Gasteiger partial charge on any atom is -0.356 e. The molecule has 2 unspecified atom stereocenters. The number of piperidine rings is 1. The molecule has 0 radical (unpaired) electrons. The van der Waals surface area contributed by atoms with Gasteiger partial charge in [-0.05, 0) is 32.6 Å². The number of aryl methyl sites for hydroxylation is 2. The van der Waals surface area contributed by atoms with E-state index in [1.165, 1.54) is 11.3 Å². The summed E-state index contributed by atoms with van der Waals surface area (Å²) in [6.07, 6.45) is 3.46. The van der Waals surface area contributed by atoms with Crippen molar-refractivity contribution in [2.75, 3.05) is 13.1 Å². The molecule has 1 fully saturated rings. The molecule has 0 bridgehead atoms. The second kappa shape index (κ2) is 9.66. The summed E-state index contributed by atoms with van der Waals surface area (Å²) in [7, 11) is 0. The van der Waals surface area contributed by atoms with Gasteiger partial charge in [0, 0.05) is 31.5 Å². The van der Waals surface area contributed by atoms with E-state index in [1.807, 2.05) is 13.8 Å². The van der Waals surface area contributed by atoms with Crippen LogP contribution in [0.25, 0.3) is 0 Å². The van der Waals surface area contributed by atoms with Gasteiger partial charge in [-0.1, -0.05) is 13.8 Å². The molecule has 0 aromatic carbocycles. The highest BCUT2D eigenvalue weighted by Gasteiger charge is 2.26. The molecule has 1 aromatic rings. The predicted octanol–water partition coefficient (Wildman–Crippen LogP) is 1.55. The van der Waals surface area contributed by atoms with E-state index in [0.29, 0.717) is 30.8 Å². The number of nitrogens with zero attached hydrogens (tertiary/aromatic N) is 1. The standard InChI is InChI=1S/C18H28N4O3S/c1-4-6-15-21-11(3)16(26-15)18(25)22-13(5-2)10-20-17(24)12-7-8-19-14(23)9-12/h12-13H,4-10H2,1-3H3,(H,19,23)(H,20,24)(H,22,25). The molecule has 8 heteroatoms. The van der Waals surface area contributed by atoms with Crippen molar-refractivity contribution in [3.8, 4) is 0 Å².